The van der Waals surface area contributed by atoms with Crippen molar-refractivity contribution >= 4 is 28.6 Å². The van der Waals surface area contributed by atoms with Gasteiger partial charge >= 0.3 is 0 Å². The number of benzene rings is 2. The van der Waals surface area contributed by atoms with E-state index in [1.165, 1.54) is 4.68 Å². The van der Waals surface area contributed by atoms with E-state index in [2.05, 4.69) is 10.4 Å². The molecule has 174 valence electrons. The van der Waals surface area contributed by atoms with Crippen LogP contribution in [0.2, 0.25) is 0 Å². The predicted octanol–water partition coefficient (Wildman–Crippen LogP) is 1.88. The smallest absolute Gasteiger partial charge is 0.269 e. The van der Waals surface area contributed by atoms with Crippen LogP contribution in [0.5, 0.6) is 0 Å². The molecule has 2 saturated carbocycles. The third kappa shape index (κ3) is 3.26. The molecule has 0 spiro atoms. The number of rotatable bonds is 6. The molecule has 2 aliphatic carbocycles. The van der Waals surface area contributed by atoms with Gasteiger partial charge in [-0.25, -0.2) is 4.39 Å². The average Bonchev–Trinajstić information content (AvgIpc) is 3.65. The molecule has 8 nitrogen and oxygen atoms in total. The second kappa shape index (κ2) is 7.38. The third-order valence-electron chi connectivity index (χ3n) is 7.33. The van der Waals surface area contributed by atoms with Gasteiger partial charge < -0.3 is 16.0 Å². The zero-order valence-electron chi connectivity index (χ0n) is 18.4. The van der Waals surface area contributed by atoms with Crippen molar-refractivity contribution in [1.29, 1.82) is 0 Å². The van der Waals surface area contributed by atoms with E-state index in [4.69, 9.17) is 5.73 Å². The fourth-order valence-corrected chi connectivity index (χ4v) is 5.39. The molecular formula is C25H24FN5O3. The summed E-state index contributed by atoms with van der Waals surface area (Å²) in [5.41, 5.74) is 5.18. The Hall–Kier alpha value is -3.75. The average molecular weight is 461 g/mol. The van der Waals surface area contributed by atoms with Gasteiger partial charge in [0.1, 0.15) is 12.6 Å². The van der Waals surface area contributed by atoms with Crippen molar-refractivity contribution in [3.8, 4) is 0 Å². The van der Waals surface area contributed by atoms with Crippen LogP contribution in [0.3, 0.4) is 0 Å². The van der Waals surface area contributed by atoms with E-state index in [1.807, 2.05) is 6.07 Å². The number of fused-ring (bicyclic) bond motifs is 2. The summed E-state index contributed by atoms with van der Waals surface area (Å²) in [5, 5.41) is 7.68. The van der Waals surface area contributed by atoms with Gasteiger partial charge in [0.2, 0.25) is 11.8 Å². The first-order chi connectivity index (χ1) is 16.4. The summed E-state index contributed by atoms with van der Waals surface area (Å²) in [4.78, 5) is 39.9. The second-order valence-corrected chi connectivity index (χ2v) is 9.50. The van der Waals surface area contributed by atoms with Crippen LogP contribution >= 0.6 is 0 Å². The fraction of sp³-hybridized carbons (Fsp3) is 0.360. The maximum atomic E-state index is 15.2. The van der Waals surface area contributed by atoms with Crippen molar-refractivity contribution < 1.29 is 18.8 Å². The van der Waals surface area contributed by atoms with Gasteiger partial charge in [0, 0.05) is 17.8 Å². The van der Waals surface area contributed by atoms with E-state index in [1.54, 1.807) is 53.4 Å². The zero-order valence-corrected chi connectivity index (χ0v) is 18.4. The summed E-state index contributed by atoms with van der Waals surface area (Å²) in [5.74, 6) is -0.941. The molecule has 3 aliphatic rings. The van der Waals surface area contributed by atoms with Crippen LogP contribution in [-0.4, -0.2) is 50.5 Å². The van der Waals surface area contributed by atoms with E-state index < -0.39 is 23.7 Å². The van der Waals surface area contributed by atoms with Crippen LogP contribution in [-0.2, 0) is 21.8 Å². The van der Waals surface area contributed by atoms with Gasteiger partial charge in [-0.05, 0) is 30.4 Å². The summed E-state index contributed by atoms with van der Waals surface area (Å²) < 4.78 is 16.7. The van der Waals surface area contributed by atoms with Gasteiger partial charge in [0.25, 0.3) is 5.91 Å². The highest BCUT2D eigenvalue weighted by atomic mass is 19.1. The molecule has 1 aliphatic heterocycles. The molecular weight excluding hydrogens is 437 g/mol. The lowest BCUT2D eigenvalue weighted by molar-refractivity contribution is -0.140. The molecule has 5 atom stereocenters. The summed E-state index contributed by atoms with van der Waals surface area (Å²) in [7, 11) is 0. The molecule has 1 saturated heterocycles. The molecule has 6 rings (SSSR count). The van der Waals surface area contributed by atoms with E-state index in [9.17, 15) is 14.4 Å². The maximum absolute atomic E-state index is 15.2. The first kappa shape index (κ1) is 20.8. The van der Waals surface area contributed by atoms with Gasteiger partial charge in [-0.2, -0.15) is 5.10 Å². The lowest BCUT2D eigenvalue weighted by Gasteiger charge is -2.27. The highest BCUT2D eigenvalue weighted by molar-refractivity contribution is 6.04. The minimum atomic E-state index is -1.56. The van der Waals surface area contributed by atoms with Gasteiger partial charge in [-0.1, -0.05) is 48.5 Å². The summed E-state index contributed by atoms with van der Waals surface area (Å²) >= 11 is 0. The molecule has 3 N–H and O–H groups in total. The van der Waals surface area contributed by atoms with Crippen molar-refractivity contribution in [3.05, 3.63) is 65.9 Å². The summed E-state index contributed by atoms with van der Waals surface area (Å²) in [6, 6.07) is 14.7. The molecule has 2 heterocycles. The minimum Gasteiger partial charge on any atom is -0.364 e. The Labute approximate surface area is 194 Å². The first-order valence-electron chi connectivity index (χ1n) is 11.5. The number of likely N-dealkylation sites (tertiary alicyclic amines) is 1. The fourth-order valence-electron chi connectivity index (χ4n) is 5.39. The Morgan fingerprint density at radius 2 is 1.82 bits per heavy atom. The number of piperidine rings is 1. The summed E-state index contributed by atoms with van der Waals surface area (Å²) in [6.07, 6.45) is 1.67. The molecule has 2 aromatic carbocycles. The van der Waals surface area contributed by atoms with Gasteiger partial charge in [0.15, 0.2) is 11.4 Å². The lowest BCUT2D eigenvalue weighted by Crippen LogP contribution is -2.50. The molecule has 1 unspecified atom stereocenters. The van der Waals surface area contributed by atoms with Crippen molar-refractivity contribution in [1.82, 2.24) is 20.0 Å². The number of nitrogens with zero attached hydrogens (tertiary/aromatic N) is 3. The van der Waals surface area contributed by atoms with Gasteiger partial charge in [-0.15, -0.1) is 0 Å². The highest BCUT2D eigenvalue weighted by Crippen LogP contribution is 2.51. The van der Waals surface area contributed by atoms with Crippen molar-refractivity contribution in [3.63, 3.8) is 0 Å². The molecule has 0 radical (unpaired) electrons. The Kier molecular flexibility index (Phi) is 4.52. The Bertz CT molecular complexity index is 1320. The maximum Gasteiger partial charge on any atom is 0.269 e. The number of hydrogen-bond acceptors (Lipinski definition) is 4. The normalized spacial score (nSPS) is 29.0. The van der Waals surface area contributed by atoms with Crippen LogP contribution in [0.25, 0.3) is 10.9 Å². The molecule has 34 heavy (non-hydrogen) atoms. The Morgan fingerprint density at radius 3 is 2.59 bits per heavy atom. The van der Waals surface area contributed by atoms with Gasteiger partial charge in [0.05, 0.1) is 11.6 Å². The number of carbonyl (C=O) groups is 3. The lowest BCUT2D eigenvalue weighted by atomic mass is 10.1. The second-order valence-electron chi connectivity index (χ2n) is 9.50. The number of aromatic nitrogens is 2. The largest absolute Gasteiger partial charge is 0.364 e. The molecule has 3 amide bonds. The molecule has 3 aromatic rings. The van der Waals surface area contributed by atoms with Crippen LogP contribution in [0.4, 0.5) is 4.39 Å². The van der Waals surface area contributed by atoms with E-state index in [-0.39, 0.29) is 36.5 Å². The predicted molar refractivity (Wildman–Crippen MR) is 121 cm³/mol. The number of nitrogens with one attached hydrogen (secondary N) is 1. The van der Waals surface area contributed by atoms with E-state index in [0.29, 0.717) is 28.8 Å². The standard InChI is InChI=1S/C25H24FN5O3/c26-25(15-6-2-1-3-7-15)12-20(25)28-24(34)19-11-14-10-18(14)31(19)21(32)13-30-17-9-5-4-8-16(17)22(29-30)23(27)33/h1-9,14,18-20H,10-13H2,(H2,27,33)(H,28,34)/t14?,18-,19+,20+,25+/m1/s1. The Balaban J connectivity index is 1.19. The minimum absolute atomic E-state index is 0.0177. The first-order valence-corrected chi connectivity index (χ1v) is 11.5. The highest BCUT2D eigenvalue weighted by Gasteiger charge is 2.60. The molecule has 1 aromatic heterocycles. The van der Waals surface area contributed by atoms with E-state index in [0.717, 1.165) is 6.42 Å². The van der Waals surface area contributed by atoms with Crippen molar-refractivity contribution in [2.45, 2.75) is 49.6 Å². The molecule has 0 bridgehead atoms. The summed E-state index contributed by atoms with van der Waals surface area (Å²) in [6.45, 7) is -0.110. The van der Waals surface area contributed by atoms with Crippen LogP contribution in [0.15, 0.2) is 54.6 Å². The molecule has 9 heteroatoms. The number of amides is 3. The number of hydrogen-bond donors (Lipinski definition) is 2. The van der Waals surface area contributed by atoms with Crippen molar-refractivity contribution in [2.24, 2.45) is 11.7 Å². The number of carbonyl (C=O) groups excluding carboxylic acids is 3. The topological polar surface area (TPSA) is 110 Å². The monoisotopic (exact) mass is 461 g/mol. The Morgan fingerprint density at radius 1 is 1.09 bits per heavy atom. The van der Waals surface area contributed by atoms with E-state index >= 15 is 4.39 Å². The van der Waals surface area contributed by atoms with Crippen molar-refractivity contribution in [2.75, 3.05) is 0 Å². The molecule has 3 fully saturated rings. The number of nitrogens with two attached hydrogens (primary N) is 1. The number of alkyl halides is 1. The van der Waals surface area contributed by atoms with Crippen LogP contribution < -0.4 is 11.1 Å². The van der Waals surface area contributed by atoms with Gasteiger partial charge in [-0.3, -0.25) is 19.1 Å². The zero-order chi connectivity index (χ0) is 23.6. The number of primary amides is 1. The number of halogens is 1. The number of para-hydroxylation sites is 1. The third-order valence-corrected chi connectivity index (χ3v) is 7.33. The quantitative estimate of drug-likeness (QED) is 0.584. The SMILES string of the molecule is NC(=O)c1nn(CC(=O)N2[C@@H]3CC3C[C@H]2C(=O)N[C@H]2C[C@]2(F)c2ccccc2)c2ccccc12. The van der Waals surface area contributed by atoms with Crippen LogP contribution in [0, 0.1) is 5.92 Å². The van der Waals surface area contributed by atoms with Crippen LogP contribution in [0.1, 0.15) is 35.3 Å².